The number of nitrogens with zero attached hydrogens (tertiary/aromatic N) is 1. The van der Waals surface area contributed by atoms with Crippen molar-refractivity contribution >= 4 is 23.5 Å². The van der Waals surface area contributed by atoms with E-state index in [4.69, 9.17) is 0 Å². The average molecular weight is 337 g/mol. The zero-order chi connectivity index (χ0) is 18.0. The number of aryl methyl sites for hydroxylation is 1. The Bertz CT molecular complexity index is 802. The number of hydrogen-bond donors (Lipinski definition) is 2. The highest BCUT2D eigenvalue weighted by Crippen LogP contribution is 2.24. The van der Waals surface area contributed by atoms with Gasteiger partial charge in [-0.1, -0.05) is 48.0 Å². The second-order valence-electron chi connectivity index (χ2n) is 6.03. The molecule has 1 aliphatic heterocycles. The van der Waals surface area contributed by atoms with E-state index in [2.05, 4.69) is 10.6 Å². The van der Waals surface area contributed by atoms with Crippen LogP contribution in [0.15, 0.2) is 54.6 Å². The molecule has 25 heavy (non-hydrogen) atoms. The number of carbonyl (C=O) groups excluding carboxylic acids is 3. The molecular formula is C19H19N3O3. The summed E-state index contributed by atoms with van der Waals surface area (Å²) in [6.45, 7) is 3.49. The number of anilines is 1. The van der Waals surface area contributed by atoms with Gasteiger partial charge in [-0.05, 0) is 31.5 Å². The van der Waals surface area contributed by atoms with Crippen LogP contribution in [-0.2, 0) is 9.59 Å². The number of urea groups is 1. The third-order valence-electron chi connectivity index (χ3n) is 4.19. The zero-order valence-electron chi connectivity index (χ0n) is 14.0. The Kier molecular flexibility index (Phi) is 4.52. The van der Waals surface area contributed by atoms with Crippen LogP contribution in [0.2, 0.25) is 0 Å². The summed E-state index contributed by atoms with van der Waals surface area (Å²) in [5.41, 5.74) is 2.38. The van der Waals surface area contributed by atoms with E-state index in [0.29, 0.717) is 11.3 Å². The number of amides is 4. The van der Waals surface area contributed by atoms with Gasteiger partial charge in [-0.2, -0.15) is 0 Å². The van der Waals surface area contributed by atoms with Crippen LogP contribution in [0.5, 0.6) is 0 Å². The molecule has 6 nitrogen and oxygen atoms in total. The van der Waals surface area contributed by atoms with Gasteiger partial charge >= 0.3 is 6.03 Å². The smallest absolute Gasteiger partial charge is 0.324 e. The third-order valence-corrected chi connectivity index (χ3v) is 4.19. The summed E-state index contributed by atoms with van der Waals surface area (Å²) < 4.78 is 0. The maximum Gasteiger partial charge on any atom is 0.325 e. The first kappa shape index (κ1) is 16.7. The topological polar surface area (TPSA) is 78.5 Å². The number of nitrogens with one attached hydrogen (secondary N) is 2. The van der Waals surface area contributed by atoms with Gasteiger partial charge in [0.15, 0.2) is 0 Å². The van der Waals surface area contributed by atoms with Gasteiger partial charge in [0.05, 0.1) is 0 Å². The van der Waals surface area contributed by atoms with Crippen molar-refractivity contribution in [3.63, 3.8) is 0 Å². The van der Waals surface area contributed by atoms with Crippen molar-refractivity contribution in [1.29, 1.82) is 0 Å². The predicted molar refractivity (Wildman–Crippen MR) is 93.8 cm³/mol. The van der Waals surface area contributed by atoms with Gasteiger partial charge in [0.2, 0.25) is 5.91 Å². The van der Waals surface area contributed by atoms with E-state index in [-0.39, 0.29) is 0 Å². The van der Waals surface area contributed by atoms with Crippen molar-refractivity contribution in [2.24, 2.45) is 0 Å². The molecule has 0 aromatic heterocycles. The van der Waals surface area contributed by atoms with Crippen LogP contribution in [0.4, 0.5) is 10.5 Å². The molecule has 4 amide bonds. The first-order valence-corrected chi connectivity index (χ1v) is 8.03. The summed E-state index contributed by atoms with van der Waals surface area (Å²) in [7, 11) is 0. The van der Waals surface area contributed by atoms with Crippen molar-refractivity contribution in [3.05, 3.63) is 65.7 Å². The molecule has 2 N–H and O–H groups in total. The SMILES string of the molecule is Cc1ccc(NC(=O)C(C)N2C(=O)NC(c3ccccc3)C2=O)cc1. The second kappa shape index (κ2) is 6.76. The maximum absolute atomic E-state index is 12.6. The summed E-state index contributed by atoms with van der Waals surface area (Å²) in [6.07, 6.45) is 0. The largest absolute Gasteiger partial charge is 0.325 e. The molecule has 2 aromatic rings. The van der Waals surface area contributed by atoms with Crippen molar-refractivity contribution in [2.45, 2.75) is 25.9 Å². The lowest BCUT2D eigenvalue weighted by Gasteiger charge is -2.21. The Morgan fingerprint density at radius 2 is 1.72 bits per heavy atom. The van der Waals surface area contributed by atoms with Gasteiger partial charge in [0.1, 0.15) is 12.1 Å². The number of imide groups is 1. The second-order valence-corrected chi connectivity index (χ2v) is 6.03. The molecule has 2 aromatic carbocycles. The molecule has 0 radical (unpaired) electrons. The van der Waals surface area contributed by atoms with Gasteiger partial charge in [-0.3, -0.25) is 9.59 Å². The Morgan fingerprint density at radius 3 is 2.36 bits per heavy atom. The fraction of sp³-hybridized carbons (Fsp3) is 0.211. The van der Waals surface area contributed by atoms with Crippen molar-refractivity contribution in [3.8, 4) is 0 Å². The highest BCUT2D eigenvalue weighted by atomic mass is 16.2. The predicted octanol–water partition coefficient (Wildman–Crippen LogP) is 2.62. The summed E-state index contributed by atoms with van der Waals surface area (Å²) in [4.78, 5) is 38.3. The van der Waals surface area contributed by atoms with Crippen molar-refractivity contribution in [2.75, 3.05) is 5.32 Å². The lowest BCUT2D eigenvalue weighted by atomic mass is 10.1. The van der Waals surface area contributed by atoms with E-state index in [1.54, 1.807) is 36.4 Å². The molecule has 2 atom stereocenters. The highest BCUT2D eigenvalue weighted by molar-refractivity contribution is 6.09. The molecule has 0 spiro atoms. The van der Waals surface area contributed by atoms with Gasteiger partial charge in [0, 0.05) is 5.69 Å². The molecule has 0 bridgehead atoms. The van der Waals surface area contributed by atoms with E-state index in [9.17, 15) is 14.4 Å². The number of benzene rings is 2. The van der Waals surface area contributed by atoms with Crippen molar-refractivity contribution < 1.29 is 14.4 Å². The average Bonchev–Trinajstić information content (AvgIpc) is 2.91. The van der Waals surface area contributed by atoms with Gasteiger partial charge in [-0.15, -0.1) is 0 Å². The molecule has 2 unspecified atom stereocenters. The zero-order valence-corrected chi connectivity index (χ0v) is 14.0. The monoisotopic (exact) mass is 337 g/mol. The molecule has 6 heteroatoms. The van der Waals surface area contributed by atoms with E-state index in [1.807, 2.05) is 25.1 Å². The first-order valence-electron chi connectivity index (χ1n) is 8.03. The molecule has 0 aliphatic carbocycles. The number of hydrogen-bond acceptors (Lipinski definition) is 3. The quantitative estimate of drug-likeness (QED) is 0.842. The Labute approximate surface area is 145 Å². The molecule has 0 saturated carbocycles. The van der Waals surface area contributed by atoms with Gasteiger partial charge < -0.3 is 10.6 Å². The molecule has 1 saturated heterocycles. The lowest BCUT2D eigenvalue weighted by molar-refractivity contribution is -0.133. The molecular weight excluding hydrogens is 318 g/mol. The van der Waals surface area contributed by atoms with Crippen LogP contribution in [-0.4, -0.2) is 28.8 Å². The molecule has 1 fully saturated rings. The maximum atomic E-state index is 12.6. The third kappa shape index (κ3) is 3.38. The van der Waals surface area contributed by atoms with Crippen LogP contribution >= 0.6 is 0 Å². The fourth-order valence-corrected chi connectivity index (χ4v) is 2.73. The molecule has 3 rings (SSSR count). The van der Waals surface area contributed by atoms with Crippen LogP contribution in [0.3, 0.4) is 0 Å². The fourth-order valence-electron chi connectivity index (χ4n) is 2.73. The van der Waals surface area contributed by atoms with Crippen molar-refractivity contribution in [1.82, 2.24) is 10.2 Å². The standard InChI is InChI=1S/C19H19N3O3/c1-12-8-10-15(11-9-12)20-17(23)13(2)22-18(24)16(21-19(22)25)14-6-4-3-5-7-14/h3-11,13,16H,1-2H3,(H,20,23)(H,21,25). The van der Waals surface area contributed by atoms with E-state index < -0.39 is 29.9 Å². The summed E-state index contributed by atoms with van der Waals surface area (Å²) in [5.74, 6) is -0.844. The summed E-state index contributed by atoms with van der Waals surface area (Å²) in [5, 5.41) is 5.36. The number of carbonyl (C=O) groups is 3. The minimum Gasteiger partial charge on any atom is -0.324 e. The molecule has 1 aliphatic rings. The van der Waals surface area contributed by atoms with Crippen LogP contribution in [0.25, 0.3) is 0 Å². The Morgan fingerprint density at radius 1 is 1.08 bits per heavy atom. The van der Waals surface area contributed by atoms with Gasteiger partial charge in [0.25, 0.3) is 5.91 Å². The van der Waals surface area contributed by atoms with E-state index in [1.165, 1.54) is 6.92 Å². The van der Waals surface area contributed by atoms with E-state index in [0.717, 1.165) is 10.5 Å². The van der Waals surface area contributed by atoms with Crippen LogP contribution in [0.1, 0.15) is 24.1 Å². The number of rotatable bonds is 4. The van der Waals surface area contributed by atoms with Crippen LogP contribution in [0, 0.1) is 6.92 Å². The minimum absolute atomic E-state index is 0.416. The Hall–Kier alpha value is -3.15. The normalized spacial score (nSPS) is 18.0. The highest BCUT2D eigenvalue weighted by Gasteiger charge is 2.43. The van der Waals surface area contributed by atoms with Crippen LogP contribution < -0.4 is 10.6 Å². The summed E-state index contributed by atoms with van der Waals surface area (Å²) in [6, 6.07) is 14.0. The van der Waals surface area contributed by atoms with Gasteiger partial charge in [-0.25, -0.2) is 9.69 Å². The first-order chi connectivity index (χ1) is 12.0. The Balaban J connectivity index is 1.74. The van der Waals surface area contributed by atoms with E-state index >= 15 is 0 Å². The molecule has 128 valence electrons. The minimum atomic E-state index is -0.914. The summed E-state index contributed by atoms with van der Waals surface area (Å²) >= 11 is 0. The molecule has 1 heterocycles. The lowest BCUT2D eigenvalue weighted by Crippen LogP contribution is -2.45.